The molecule has 0 unspecified atom stereocenters. The normalized spacial score (nSPS) is 17.8. The minimum Gasteiger partial charge on any atom is -0.384 e. The minimum absolute atomic E-state index is 0.298. The van der Waals surface area contributed by atoms with Crippen LogP contribution >= 0.6 is 0 Å². The van der Waals surface area contributed by atoms with Gasteiger partial charge in [0.15, 0.2) is 0 Å². The van der Waals surface area contributed by atoms with Crippen molar-refractivity contribution in [2.75, 3.05) is 5.32 Å². The molecule has 1 atom stereocenters. The summed E-state index contributed by atoms with van der Waals surface area (Å²) in [6.07, 6.45) is 4.78. The fourth-order valence-electron chi connectivity index (χ4n) is 1.95. The molecule has 0 aliphatic carbocycles. The third-order valence-electron chi connectivity index (χ3n) is 2.75. The van der Waals surface area contributed by atoms with Crippen LogP contribution < -0.4 is 11.1 Å². The number of nitriles is 1. The van der Waals surface area contributed by atoms with E-state index in [1.807, 2.05) is 6.07 Å². The second-order valence-corrected chi connectivity index (χ2v) is 3.78. The van der Waals surface area contributed by atoms with E-state index >= 15 is 0 Å². The van der Waals surface area contributed by atoms with E-state index in [0.717, 1.165) is 5.56 Å². The number of anilines is 1. The molecule has 1 aliphatic rings. The Morgan fingerprint density at radius 1 is 1.50 bits per heavy atom. The van der Waals surface area contributed by atoms with Crippen molar-refractivity contribution in [1.82, 2.24) is 19.7 Å². The molecule has 0 aromatic carbocycles. The highest BCUT2D eigenvalue weighted by Crippen LogP contribution is 2.31. The van der Waals surface area contributed by atoms with Crippen LogP contribution in [0, 0.1) is 11.3 Å². The van der Waals surface area contributed by atoms with Crippen LogP contribution in [0.5, 0.6) is 0 Å². The molecular weight excluding hydrogens is 230 g/mol. The molecule has 3 N–H and O–H groups in total. The Kier molecular flexibility index (Phi) is 2.20. The van der Waals surface area contributed by atoms with Crippen molar-refractivity contribution in [3.05, 3.63) is 47.8 Å². The van der Waals surface area contributed by atoms with Crippen molar-refractivity contribution in [1.29, 1.82) is 5.26 Å². The third-order valence-corrected chi connectivity index (χ3v) is 2.75. The molecule has 2 aromatic heterocycles. The Bertz CT molecular complexity index is 650. The van der Waals surface area contributed by atoms with Crippen molar-refractivity contribution in [2.24, 2.45) is 5.73 Å². The summed E-state index contributed by atoms with van der Waals surface area (Å²) in [5.74, 6) is 0.812. The minimum atomic E-state index is -0.387. The fraction of sp³-hybridized carbons (Fsp3) is 0.0909. The molecule has 1 aliphatic heterocycles. The van der Waals surface area contributed by atoms with Crippen molar-refractivity contribution < 1.29 is 0 Å². The van der Waals surface area contributed by atoms with Crippen LogP contribution in [0.15, 0.2) is 42.2 Å². The van der Waals surface area contributed by atoms with Gasteiger partial charge in [-0.05, 0) is 6.07 Å². The Hall–Kier alpha value is -2.88. The fourth-order valence-corrected chi connectivity index (χ4v) is 1.95. The number of rotatable bonds is 1. The van der Waals surface area contributed by atoms with E-state index in [-0.39, 0.29) is 6.04 Å². The standard InChI is InChI=1S/C11H9N7/c12-4-8-9(7-2-1-3-14-5-7)18-11(15-6-16-18)17-10(8)13/h1-3,5-6,9H,13H2,(H,15,16,17)/t9-/m0/s1. The molecule has 0 saturated heterocycles. The number of aromatic nitrogens is 4. The SMILES string of the molecule is N#CC1=C(N)Nc2ncnn2[C@H]1c1cccnc1. The molecule has 7 heteroatoms. The van der Waals surface area contributed by atoms with Gasteiger partial charge in [-0.15, -0.1) is 0 Å². The van der Waals surface area contributed by atoms with Crippen molar-refractivity contribution >= 4 is 5.95 Å². The molecule has 7 nitrogen and oxygen atoms in total. The van der Waals surface area contributed by atoms with Crippen LogP contribution in [0.4, 0.5) is 5.95 Å². The Morgan fingerprint density at radius 2 is 2.39 bits per heavy atom. The number of hydrogen-bond donors (Lipinski definition) is 2. The van der Waals surface area contributed by atoms with Gasteiger partial charge in [0, 0.05) is 18.0 Å². The third kappa shape index (κ3) is 1.40. The first-order chi connectivity index (χ1) is 8.81. The number of nitrogens with zero attached hydrogens (tertiary/aromatic N) is 5. The Labute approximate surface area is 103 Å². The molecule has 3 heterocycles. The molecule has 88 valence electrons. The summed E-state index contributed by atoms with van der Waals surface area (Å²) in [6.45, 7) is 0. The number of nitrogens with two attached hydrogens (primary N) is 1. The van der Waals surface area contributed by atoms with Gasteiger partial charge in [0.05, 0.1) is 5.57 Å². The number of nitrogens with one attached hydrogen (secondary N) is 1. The highest BCUT2D eigenvalue weighted by atomic mass is 15.4. The molecule has 0 saturated carbocycles. The lowest BCUT2D eigenvalue weighted by Gasteiger charge is -2.24. The molecule has 0 radical (unpaired) electrons. The molecule has 0 bridgehead atoms. The zero-order valence-corrected chi connectivity index (χ0v) is 9.28. The molecule has 0 fully saturated rings. The van der Waals surface area contributed by atoms with Crippen LogP contribution in [-0.2, 0) is 0 Å². The topological polar surface area (TPSA) is 105 Å². The number of allylic oxidation sites excluding steroid dienone is 1. The quantitative estimate of drug-likeness (QED) is 0.745. The highest BCUT2D eigenvalue weighted by molar-refractivity contribution is 5.50. The summed E-state index contributed by atoms with van der Waals surface area (Å²) >= 11 is 0. The maximum Gasteiger partial charge on any atom is 0.227 e. The average Bonchev–Trinajstić information content (AvgIpc) is 2.85. The van der Waals surface area contributed by atoms with Gasteiger partial charge in [-0.1, -0.05) is 6.07 Å². The van der Waals surface area contributed by atoms with E-state index < -0.39 is 0 Å². The summed E-state index contributed by atoms with van der Waals surface area (Å²) in [5, 5.41) is 16.2. The van der Waals surface area contributed by atoms with Crippen LogP contribution in [0.2, 0.25) is 0 Å². The predicted octanol–water partition coefficient (Wildman–Crippen LogP) is 0.382. The second-order valence-electron chi connectivity index (χ2n) is 3.78. The summed E-state index contributed by atoms with van der Waals surface area (Å²) in [7, 11) is 0. The first-order valence-electron chi connectivity index (χ1n) is 5.27. The van der Waals surface area contributed by atoms with Gasteiger partial charge in [-0.25, -0.2) is 4.68 Å². The maximum atomic E-state index is 9.25. The molecule has 2 aromatic rings. The van der Waals surface area contributed by atoms with Crippen LogP contribution in [0.3, 0.4) is 0 Å². The average molecular weight is 239 g/mol. The first-order valence-corrected chi connectivity index (χ1v) is 5.27. The number of fused-ring (bicyclic) bond motifs is 1. The van der Waals surface area contributed by atoms with Gasteiger partial charge in [0.1, 0.15) is 24.3 Å². The zero-order chi connectivity index (χ0) is 12.5. The summed E-state index contributed by atoms with van der Waals surface area (Å²) < 4.78 is 1.62. The van der Waals surface area contributed by atoms with Gasteiger partial charge in [-0.2, -0.15) is 15.3 Å². The molecular formula is C11H9N7. The van der Waals surface area contributed by atoms with Crippen molar-refractivity contribution in [2.45, 2.75) is 6.04 Å². The van der Waals surface area contributed by atoms with E-state index in [0.29, 0.717) is 17.3 Å². The van der Waals surface area contributed by atoms with Crippen LogP contribution in [-0.4, -0.2) is 19.7 Å². The Morgan fingerprint density at radius 3 is 3.11 bits per heavy atom. The highest BCUT2D eigenvalue weighted by Gasteiger charge is 2.29. The lowest BCUT2D eigenvalue weighted by Crippen LogP contribution is -2.28. The summed E-state index contributed by atoms with van der Waals surface area (Å²) in [5.41, 5.74) is 7.08. The van der Waals surface area contributed by atoms with Crippen LogP contribution in [0.1, 0.15) is 11.6 Å². The van der Waals surface area contributed by atoms with Crippen LogP contribution in [0.25, 0.3) is 0 Å². The zero-order valence-electron chi connectivity index (χ0n) is 9.28. The van der Waals surface area contributed by atoms with Gasteiger partial charge in [0.25, 0.3) is 0 Å². The Balaban J connectivity index is 2.20. The smallest absolute Gasteiger partial charge is 0.227 e. The lowest BCUT2D eigenvalue weighted by atomic mass is 10.00. The monoisotopic (exact) mass is 239 g/mol. The molecule has 0 spiro atoms. The molecule has 3 rings (SSSR count). The van der Waals surface area contributed by atoms with E-state index in [1.165, 1.54) is 6.33 Å². The van der Waals surface area contributed by atoms with E-state index in [1.54, 1.807) is 23.1 Å². The van der Waals surface area contributed by atoms with Gasteiger partial charge in [-0.3, -0.25) is 4.98 Å². The summed E-state index contributed by atoms with van der Waals surface area (Å²) in [4.78, 5) is 8.10. The lowest BCUT2D eigenvalue weighted by molar-refractivity contribution is 0.583. The van der Waals surface area contributed by atoms with E-state index in [2.05, 4.69) is 26.5 Å². The van der Waals surface area contributed by atoms with Gasteiger partial charge >= 0.3 is 0 Å². The largest absolute Gasteiger partial charge is 0.384 e. The summed E-state index contributed by atoms with van der Waals surface area (Å²) in [6, 6.07) is 5.40. The number of hydrogen-bond acceptors (Lipinski definition) is 6. The van der Waals surface area contributed by atoms with Crippen molar-refractivity contribution in [3.8, 4) is 6.07 Å². The van der Waals surface area contributed by atoms with E-state index in [9.17, 15) is 5.26 Å². The maximum absolute atomic E-state index is 9.25. The second kappa shape index (κ2) is 3.85. The van der Waals surface area contributed by atoms with Gasteiger partial charge < -0.3 is 11.1 Å². The van der Waals surface area contributed by atoms with Crippen molar-refractivity contribution in [3.63, 3.8) is 0 Å². The molecule has 18 heavy (non-hydrogen) atoms. The first kappa shape index (κ1) is 10.3. The van der Waals surface area contributed by atoms with E-state index in [4.69, 9.17) is 5.73 Å². The number of pyridine rings is 1. The van der Waals surface area contributed by atoms with Gasteiger partial charge in [0.2, 0.25) is 5.95 Å². The molecule has 0 amide bonds. The predicted molar refractivity (Wildman–Crippen MR) is 62.8 cm³/mol.